The molecule has 0 unspecified atom stereocenters. The van der Waals surface area contributed by atoms with Crippen LogP contribution < -0.4 is 0 Å². The first-order valence-corrected chi connectivity index (χ1v) is 4.38. The fraction of sp³-hybridized carbons (Fsp3) is 0. The smallest absolute Gasteiger partial charge is 0.354 e. The first-order valence-electron chi connectivity index (χ1n) is 4.38. The van der Waals surface area contributed by atoms with E-state index in [0.29, 0.717) is 5.69 Å². The van der Waals surface area contributed by atoms with Crippen LogP contribution in [0.5, 0.6) is 0 Å². The predicted octanol–water partition coefficient (Wildman–Crippen LogP) is 1.84. The number of rotatable bonds is 2. The van der Waals surface area contributed by atoms with Crippen LogP contribution in [0.15, 0.2) is 42.7 Å². The highest BCUT2D eigenvalue weighted by atomic mass is 16.4. The lowest BCUT2D eigenvalue weighted by molar-refractivity contribution is 0.0690. The summed E-state index contributed by atoms with van der Waals surface area (Å²) in [5.74, 6) is -1.02. The number of hydrogen-bond donors (Lipinski definition) is 1. The molecular weight excluding hydrogens is 192 g/mol. The number of carboxylic acids is 1. The molecule has 0 aromatic carbocycles. The minimum absolute atomic E-state index is 0.0457. The Bertz CT molecular complexity index is 483. The molecule has 2 rings (SSSR count). The molecular formula is C11H8N2O2. The van der Waals surface area contributed by atoms with Crippen molar-refractivity contribution in [2.75, 3.05) is 0 Å². The summed E-state index contributed by atoms with van der Waals surface area (Å²) < 4.78 is 0. The van der Waals surface area contributed by atoms with Crippen molar-refractivity contribution in [3.8, 4) is 11.3 Å². The molecule has 2 heterocycles. The van der Waals surface area contributed by atoms with Gasteiger partial charge in [0, 0.05) is 18.0 Å². The van der Waals surface area contributed by atoms with Crippen LogP contribution in [0.25, 0.3) is 11.3 Å². The monoisotopic (exact) mass is 200 g/mol. The number of aromatic nitrogens is 2. The lowest BCUT2D eigenvalue weighted by Gasteiger charge is -2.00. The van der Waals surface area contributed by atoms with Crippen molar-refractivity contribution >= 4 is 5.97 Å². The minimum Gasteiger partial charge on any atom is -0.477 e. The van der Waals surface area contributed by atoms with Gasteiger partial charge in [0.1, 0.15) is 5.69 Å². The van der Waals surface area contributed by atoms with Gasteiger partial charge in [-0.2, -0.15) is 0 Å². The van der Waals surface area contributed by atoms with Crippen LogP contribution in [-0.4, -0.2) is 21.0 Å². The average molecular weight is 200 g/mol. The van der Waals surface area contributed by atoms with Gasteiger partial charge in [-0.1, -0.05) is 6.07 Å². The molecule has 0 aliphatic heterocycles. The Balaban J connectivity index is 2.46. The Morgan fingerprint density at radius 2 is 1.87 bits per heavy atom. The largest absolute Gasteiger partial charge is 0.477 e. The minimum atomic E-state index is -1.02. The molecule has 0 bridgehead atoms. The number of pyridine rings is 2. The van der Waals surface area contributed by atoms with Crippen molar-refractivity contribution in [3.63, 3.8) is 0 Å². The highest BCUT2D eigenvalue weighted by Crippen LogP contribution is 2.15. The third kappa shape index (κ3) is 1.99. The van der Waals surface area contributed by atoms with E-state index >= 15 is 0 Å². The van der Waals surface area contributed by atoms with Gasteiger partial charge in [0.25, 0.3) is 0 Å². The molecule has 2 aromatic heterocycles. The van der Waals surface area contributed by atoms with Gasteiger partial charge in [-0.05, 0) is 24.3 Å². The topological polar surface area (TPSA) is 63.1 Å². The van der Waals surface area contributed by atoms with Gasteiger partial charge >= 0.3 is 5.97 Å². The average Bonchev–Trinajstić information content (AvgIpc) is 2.30. The third-order valence-electron chi connectivity index (χ3n) is 1.94. The van der Waals surface area contributed by atoms with Crippen LogP contribution in [0.1, 0.15) is 10.5 Å². The van der Waals surface area contributed by atoms with Gasteiger partial charge in [-0.25, -0.2) is 9.78 Å². The van der Waals surface area contributed by atoms with E-state index in [-0.39, 0.29) is 5.69 Å². The van der Waals surface area contributed by atoms with E-state index in [1.165, 1.54) is 6.07 Å². The Kier molecular flexibility index (Phi) is 2.41. The molecule has 0 amide bonds. The van der Waals surface area contributed by atoms with Gasteiger partial charge in [0.15, 0.2) is 0 Å². The summed E-state index contributed by atoms with van der Waals surface area (Å²) in [7, 11) is 0. The van der Waals surface area contributed by atoms with E-state index in [0.717, 1.165) is 5.56 Å². The SMILES string of the molecule is O=C(O)c1cccc(-c2ccncc2)n1. The molecule has 15 heavy (non-hydrogen) atoms. The Labute approximate surface area is 86.2 Å². The Morgan fingerprint density at radius 3 is 2.53 bits per heavy atom. The quantitative estimate of drug-likeness (QED) is 0.803. The summed E-state index contributed by atoms with van der Waals surface area (Å²) in [6, 6.07) is 8.48. The summed E-state index contributed by atoms with van der Waals surface area (Å²) in [5, 5.41) is 8.78. The molecule has 0 atom stereocenters. The van der Waals surface area contributed by atoms with Crippen LogP contribution in [0.4, 0.5) is 0 Å². The summed E-state index contributed by atoms with van der Waals surface area (Å²) in [4.78, 5) is 18.6. The molecule has 0 aliphatic rings. The van der Waals surface area contributed by atoms with E-state index in [2.05, 4.69) is 9.97 Å². The summed E-state index contributed by atoms with van der Waals surface area (Å²) in [5.41, 5.74) is 1.54. The standard InChI is InChI=1S/C11H8N2O2/c14-11(15)10-3-1-2-9(13-10)8-4-6-12-7-5-8/h1-7H,(H,14,15). The van der Waals surface area contributed by atoms with Gasteiger partial charge in [-0.15, -0.1) is 0 Å². The molecule has 0 radical (unpaired) electrons. The maximum atomic E-state index is 10.7. The molecule has 0 aliphatic carbocycles. The summed E-state index contributed by atoms with van der Waals surface area (Å²) >= 11 is 0. The fourth-order valence-corrected chi connectivity index (χ4v) is 1.24. The van der Waals surface area contributed by atoms with Gasteiger partial charge in [0.2, 0.25) is 0 Å². The van der Waals surface area contributed by atoms with Crippen LogP contribution >= 0.6 is 0 Å². The third-order valence-corrected chi connectivity index (χ3v) is 1.94. The molecule has 1 N–H and O–H groups in total. The number of hydrogen-bond acceptors (Lipinski definition) is 3. The number of nitrogens with zero attached hydrogens (tertiary/aromatic N) is 2. The maximum absolute atomic E-state index is 10.7. The number of carbonyl (C=O) groups is 1. The highest BCUT2D eigenvalue weighted by molar-refractivity contribution is 5.86. The van der Waals surface area contributed by atoms with Crippen molar-refractivity contribution in [1.29, 1.82) is 0 Å². The number of aromatic carboxylic acids is 1. The molecule has 74 valence electrons. The van der Waals surface area contributed by atoms with Crippen LogP contribution in [0.3, 0.4) is 0 Å². The fourth-order valence-electron chi connectivity index (χ4n) is 1.24. The van der Waals surface area contributed by atoms with E-state index in [9.17, 15) is 4.79 Å². The van der Waals surface area contributed by atoms with E-state index < -0.39 is 5.97 Å². The zero-order valence-electron chi connectivity index (χ0n) is 7.79. The zero-order valence-corrected chi connectivity index (χ0v) is 7.79. The molecule has 0 fully saturated rings. The van der Waals surface area contributed by atoms with Gasteiger partial charge in [-0.3, -0.25) is 4.98 Å². The Morgan fingerprint density at radius 1 is 1.13 bits per heavy atom. The van der Waals surface area contributed by atoms with E-state index in [1.54, 1.807) is 36.7 Å². The normalized spacial score (nSPS) is 9.87. The summed E-state index contributed by atoms with van der Waals surface area (Å²) in [6.45, 7) is 0. The molecule has 4 nitrogen and oxygen atoms in total. The Hall–Kier alpha value is -2.23. The predicted molar refractivity (Wildman–Crippen MR) is 54.4 cm³/mol. The van der Waals surface area contributed by atoms with Crippen LogP contribution in [-0.2, 0) is 0 Å². The van der Waals surface area contributed by atoms with Crippen LogP contribution in [0, 0.1) is 0 Å². The molecule has 0 spiro atoms. The van der Waals surface area contributed by atoms with Gasteiger partial charge in [0.05, 0.1) is 5.69 Å². The van der Waals surface area contributed by atoms with E-state index in [4.69, 9.17) is 5.11 Å². The van der Waals surface area contributed by atoms with Crippen molar-refractivity contribution in [2.24, 2.45) is 0 Å². The van der Waals surface area contributed by atoms with Crippen molar-refractivity contribution in [1.82, 2.24) is 9.97 Å². The second kappa shape index (κ2) is 3.88. The first kappa shape index (κ1) is 9.33. The second-order valence-electron chi connectivity index (χ2n) is 2.95. The van der Waals surface area contributed by atoms with Crippen molar-refractivity contribution in [3.05, 3.63) is 48.4 Å². The van der Waals surface area contributed by atoms with Crippen molar-refractivity contribution in [2.45, 2.75) is 0 Å². The van der Waals surface area contributed by atoms with Gasteiger partial charge < -0.3 is 5.11 Å². The number of carboxylic acid groups (broad SMARTS) is 1. The first-order chi connectivity index (χ1) is 7.27. The molecule has 0 saturated heterocycles. The molecule has 4 heteroatoms. The zero-order chi connectivity index (χ0) is 10.7. The highest BCUT2D eigenvalue weighted by Gasteiger charge is 2.05. The van der Waals surface area contributed by atoms with E-state index in [1.807, 2.05) is 0 Å². The summed E-state index contributed by atoms with van der Waals surface area (Å²) in [6.07, 6.45) is 3.29. The molecule has 2 aromatic rings. The second-order valence-corrected chi connectivity index (χ2v) is 2.95. The van der Waals surface area contributed by atoms with Crippen molar-refractivity contribution < 1.29 is 9.90 Å². The lowest BCUT2D eigenvalue weighted by atomic mass is 10.2. The maximum Gasteiger partial charge on any atom is 0.354 e. The molecule has 0 saturated carbocycles. The lowest BCUT2D eigenvalue weighted by Crippen LogP contribution is -2.00. The van der Waals surface area contributed by atoms with Crippen LogP contribution in [0.2, 0.25) is 0 Å².